The monoisotopic (exact) mass is 438 g/mol. The molecule has 7 heteroatoms. The van der Waals surface area contributed by atoms with Gasteiger partial charge in [0.05, 0.1) is 17.8 Å². The lowest BCUT2D eigenvalue weighted by Gasteiger charge is -2.21. The van der Waals surface area contributed by atoms with Crippen LogP contribution in [0.15, 0.2) is 78.6 Å². The van der Waals surface area contributed by atoms with Crippen LogP contribution in [-0.4, -0.2) is 34.2 Å². The Kier molecular flexibility index (Phi) is 5.22. The number of nitrogens with zero attached hydrogens (tertiary/aromatic N) is 3. The molecule has 0 aliphatic carbocycles. The number of benzene rings is 2. The third-order valence-corrected chi connectivity index (χ3v) is 5.84. The molecule has 0 saturated carbocycles. The first kappa shape index (κ1) is 20.6. The minimum Gasteiger partial charge on any atom is -0.336 e. The second-order valence-electron chi connectivity index (χ2n) is 8.03. The van der Waals surface area contributed by atoms with Crippen molar-refractivity contribution in [1.82, 2.24) is 9.88 Å². The summed E-state index contributed by atoms with van der Waals surface area (Å²) < 4.78 is 0. The van der Waals surface area contributed by atoms with Gasteiger partial charge in [-0.05, 0) is 47.9 Å². The maximum atomic E-state index is 13.6. The number of carbonyl (C=O) groups excluding carboxylic acids is 3. The van der Waals surface area contributed by atoms with Crippen molar-refractivity contribution >= 4 is 34.7 Å². The highest BCUT2D eigenvalue weighted by Crippen LogP contribution is 2.39. The number of nitrogens with one attached hydrogen (secondary N) is 1. The van der Waals surface area contributed by atoms with Crippen LogP contribution in [0, 0.1) is 0 Å². The van der Waals surface area contributed by atoms with Crippen LogP contribution in [0.25, 0.3) is 5.57 Å². The standard InChI is InChI=1S/C26H22N4O3/c1-17(31)28-20-11-9-19(10-12-20)23-24(29-15-13-18-6-2-3-8-22(18)29)26(33)30(25(23)32)16-21-7-4-5-14-27-21/h2-12,14H,13,15-16H2,1H3,(H,28,31). The Morgan fingerprint density at radius 3 is 2.45 bits per heavy atom. The van der Waals surface area contributed by atoms with Crippen molar-refractivity contribution in [3.8, 4) is 0 Å². The number of carbonyl (C=O) groups is 3. The number of rotatable bonds is 5. The van der Waals surface area contributed by atoms with Gasteiger partial charge in [0.25, 0.3) is 11.8 Å². The van der Waals surface area contributed by atoms with Crippen LogP contribution in [0.3, 0.4) is 0 Å². The van der Waals surface area contributed by atoms with Crippen molar-refractivity contribution in [2.24, 2.45) is 0 Å². The van der Waals surface area contributed by atoms with E-state index < -0.39 is 0 Å². The number of pyridine rings is 1. The smallest absolute Gasteiger partial charge is 0.278 e. The SMILES string of the molecule is CC(=O)Nc1ccc(C2=C(N3CCc4ccccc43)C(=O)N(Cc3ccccn3)C2=O)cc1. The number of hydrogen-bond acceptors (Lipinski definition) is 5. The van der Waals surface area contributed by atoms with E-state index in [9.17, 15) is 14.4 Å². The molecule has 0 radical (unpaired) electrons. The molecule has 1 aromatic heterocycles. The Morgan fingerprint density at radius 1 is 0.970 bits per heavy atom. The summed E-state index contributed by atoms with van der Waals surface area (Å²) in [7, 11) is 0. The van der Waals surface area contributed by atoms with E-state index in [0.29, 0.717) is 34.8 Å². The largest absolute Gasteiger partial charge is 0.336 e. The highest BCUT2D eigenvalue weighted by Gasteiger charge is 2.43. The van der Waals surface area contributed by atoms with E-state index in [1.54, 1.807) is 42.6 Å². The van der Waals surface area contributed by atoms with Crippen LogP contribution >= 0.6 is 0 Å². The van der Waals surface area contributed by atoms with Gasteiger partial charge in [-0.3, -0.25) is 24.3 Å². The highest BCUT2D eigenvalue weighted by molar-refractivity contribution is 6.36. The number of anilines is 2. The first-order valence-corrected chi connectivity index (χ1v) is 10.8. The van der Waals surface area contributed by atoms with Gasteiger partial charge in [0.15, 0.2) is 0 Å². The molecule has 2 aliphatic rings. The second-order valence-corrected chi connectivity index (χ2v) is 8.03. The van der Waals surface area contributed by atoms with Crippen LogP contribution < -0.4 is 10.2 Å². The van der Waals surface area contributed by atoms with E-state index in [1.807, 2.05) is 35.2 Å². The predicted molar refractivity (Wildman–Crippen MR) is 125 cm³/mol. The van der Waals surface area contributed by atoms with E-state index in [-0.39, 0.29) is 24.3 Å². The third-order valence-electron chi connectivity index (χ3n) is 5.84. The summed E-state index contributed by atoms with van der Waals surface area (Å²) in [5, 5.41) is 2.73. The number of aromatic nitrogens is 1. The van der Waals surface area contributed by atoms with Gasteiger partial charge >= 0.3 is 0 Å². The van der Waals surface area contributed by atoms with Gasteiger partial charge in [-0.25, -0.2) is 0 Å². The lowest BCUT2D eigenvalue weighted by molar-refractivity contribution is -0.137. The molecular formula is C26H22N4O3. The first-order chi connectivity index (χ1) is 16.0. The fourth-order valence-electron chi connectivity index (χ4n) is 4.37. The molecule has 3 amide bonds. The molecule has 3 heterocycles. The van der Waals surface area contributed by atoms with Gasteiger partial charge in [-0.15, -0.1) is 0 Å². The van der Waals surface area contributed by atoms with Gasteiger partial charge in [0.1, 0.15) is 5.70 Å². The van der Waals surface area contributed by atoms with Gasteiger partial charge in [0, 0.05) is 31.0 Å². The Morgan fingerprint density at radius 2 is 1.73 bits per heavy atom. The quantitative estimate of drug-likeness (QED) is 0.618. The first-order valence-electron chi connectivity index (χ1n) is 10.8. The van der Waals surface area contributed by atoms with Gasteiger partial charge in [0.2, 0.25) is 5.91 Å². The summed E-state index contributed by atoms with van der Waals surface area (Å²) in [6.45, 7) is 2.16. The molecule has 0 unspecified atom stereocenters. The van der Waals surface area contributed by atoms with Gasteiger partial charge in [-0.2, -0.15) is 0 Å². The maximum Gasteiger partial charge on any atom is 0.278 e. The van der Waals surface area contributed by atoms with Crippen molar-refractivity contribution < 1.29 is 14.4 Å². The van der Waals surface area contributed by atoms with Crippen molar-refractivity contribution in [1.29, 1.82) is 0 Å². The minimum absolute atomic E-state index is 0.102. The van der Waals surface area contributed by atoms with Crippen LogP contribution in [0.1, 0.15) is 23.7 Å². The van der Waals surface area contributed by atoms with Crippen LogP contribution in [0.5, 0.6) is 0 Å². The normalized spacial score (nSPS) is 15.3. The van der Waals surface area contributed by atoms with E-state index >= 15 is 0 Å². The fourth-order valence-corrected chi connectivity index (χ4v) is 4.37. The number of amides is 3. The molecular weight excluding hydrogens is 416 g/mol. The molecule has 3 aromatic rings. The van der Waals surface area contributed by atoms with Crippen LogP contribution in [0.4, 0.5) is 11.4 Å². The number of fused-ring (bicyclic) bond motifs is 1. The molecule has 0 atom stereocenters. The van der Waals surface area contributed by atoms with Crippen molar-refractivity contribution in [3.05, 3.63) is 95.4 Å². The predicted octanol–water partition coefficient (Wildman–Crippen LogP) is 3.38. The van der Waals surface area contributed by atoms with E-state index in [1.165, 1.54) is 11.8 Å². The zero-order chi connectivity index (χ0) is 22.9. The van der Waals surface area contributed by atoms with Gasteiger partial charge < -0.3 is 10.2 Å². The summed E-state index contributed by atoms with van der Waals surface area (Å²) in [6.07, 6.45) is 2.45. The minimum atomic E-state index is -0.350. The maximum absolute atomic E-state index is 13.6. The molecule has 2 aliphatic heterocycles. The molecule has 0 saturated heterocycles. The van der Waals surface area contributed by atoms with E-state index in [4.69, 9.17) is 0 Å². The number of para-hydroxylation sites is 1. The molecule has 2 aromatic carbocycles. The zero-order valence-electron chi connectivity index (χ0n) is 18.1. The lowest BCUT2D eigenvalue weighted by atomic mass is 10.0. The van der Waals surface area contributed by atoms with Crippen molar-refractivity contribution in [3.63, 3.8) is 0 Å². The second kappa shape index (κ2) is 8.35. The number of hydrogen-bond donors (Lipinski definition) is 1. The average molecular weight is 438 g/mol. The summed E-state index contributed by atoms with van der Waals surface area (Å²) in [5.41, 5.74) is 4.74. The summed E-state index contributed by atoms with van der Waals surface area (Å²) >= 11 is 0. The van der Waals surface area contributed by atoms with Crippen molar-refractivity contribution in [2.75, 3.05) is 16.8 Å². The van der Waals surface area contributed by atoms with Crippen LogP contribution in [-0.2, 0) is 27.3 Å². The molecule has 0 bridgehead atoms. The average Bonchev–Trinajstić information content (AvgIpc) is 3.34. The molecule has 7 nitrogen and oxygen atoms in total. The molecule has 1 N–H and O–H groups in total. The Hall–Kier alpha value is -4.26. The van der Waals surface area contributed by atoms with E-state index in [2.05, 4.69) is 10.3 Å². The molecule has 5 rings (SSSR count). The Labute approximate surface area is 191 Å². The molecule has 164 valence electrons. The van der Waals surface area contributed by atoms with Gasteiger partial charge in [-0.1, -0.05) is 36.4 Å². The summed E-state index contributed by atoms with van der Waals surface area (Å²) in [5.74, 6) is -0.856. The summed E-state index contributed by atoms with van der Waals surface area (Å²) in [4.78, 5) is 46.1. The molecule has 0 fully saturated rings. The highest BCUT2D eigenvalue weighted by atomic mass is 16.2. The number of imide groups is 1. The Bertz CT molecular complexity index is 1280. The zero-order valence-corrected chi connectivity index (χ0v) is 18.1. The Balaban J connectivity index is 1.58. The molecule has 33 heavy (non-hydrogen) atoms. The van der Waals surface area contributed by atoms with E-state index in [0.717, 1.165) is 17.7 Å². The molecule has 0 spiro atoms. The lowest BCUT2D eigenvalue weighted by Crippen LogP contribution is -2.34. The van der Waals surface area contributed by atoms with Crippen LogP contribution in [0.2, 0.25) is 0 Å². The fraction of sp³-hybridized carbons (Fsp3) is 0.154. The topological polar surface area (TPSA) is 82.6 Å². The third kappa shape index (κ3) is 3.78. The van der Waals surface area contributed by atoms with Crippen molar-refractivity contribution in [2.45, 2.75) is 19.9 Å². The summed E-state index contributed by atoms with van der Waals surface area (Å²) in [6, 6.07) is 20.4.